The van der Waals surface area contributed by atoms with Crippen LogP contribution in [-0.4, -0.2) is 22.6 Å². The van der Waals surface area contributed by atoms with Crippen molar-refractivity contribution in [2.45, 2.75) is 31.8 Å². The first-order valence-electron chi connectivity index (χ1n) is 7.08. The zero-order valence-corrected chi connectivity index (χ0v) is 12.3. The fourth-order valence-corrected chi connectivity index (χ4v) is 3.61. The third kappa shape index (κ3) is 2.71. The lowest BCUT2D eigenvalue weighted by atomic mass is 9.86. The van der Waals surface area contributed by atoms with Crippen LogP contribution in [0.3, 0.4) is 0 Å². The van der Waals surface area contributed by atoms with Crippen molar-refractivity contribution in [3.63, 3.8) is 0 Å². The largest absolute Gasteiger partial charge is 0.483 e. The van der Waals surface area contributed by atoms with Crippen molar-refractivity contribution in [3.05, 3.63) is 27.8 Å². The molecule has 0 bridgehead atoms. The normalized spacial score (nSPS) is 22.3. The average molecular weight is 307 g/mol. The van der Waals surface area contributed by atoms with Gasteiger partial charge in [-0.15, -0.1) is 11.3 Å². The van der Waals surface area contributed by atoms with E-state index in [1.54, 1.807) is 11.6 Å². The predicted octanol–water partition coefficient (Wildman–Crippen LogP) is 3.10. The number of nitro benzene ring substituents is 1. The van der Waals surface area contributed by atoms with Gasteiger partial charge in [0.05, 0.1) is 15.1 Å². The van der Waals surface area contributed by atoms with Gasteiger partial charge in [-0.25, -0.2) is 4.98 Å². The van der Waals surface area contributed by atoms with Gasteiger partial charge in [-0.05, 0) is 37.9 Å². The third-order valence-corrected chi connectivity index (χ3v) is 4.84. The Bertz CT molecular complexity index is 658. The van der Waals surface area contributed by atoms with Crippen molar-refractivity contribution < 1.29 is 9.66 Å². The van der Waals surface area contributed by atoms with Gasteiger partial charge < -0.3 is 10.5 Å². The van der Waals surface area contributed by atoms with Crippen molar-refractivity contribution >= 4 is 27.2 Å². The summed E-state index contributed by atoms with van der Waals surface area (Å²) >= 11 is 1.39. The molecule has 1 aliphatic rings. The van der Waals surface area contributed by atoms with Crippen LogP contribution in [0.2, 0.25) is 0 Å². The van der Waals surface area contributed by atoms with Crippen LogP contribution in [0.25, 0.3) is 10.2 Å². The number of ether oxygens (including phenoxy) is 1. The summed E-state index contributed by atoms with van der Waals surface area (Å²) in [7, 11) is 0. The number of aromatic nitrogens is 1. The van der Waals surface area contributed by atoms with E-state index in [9.17, 15) is 10.1 Å². The van der Waals surface area contributed by atoms with Crippen LogP contribution in [0.5, 0.6) is 5.75 Å². The van der Waals surface area contributed by atoms with Gasteiger partial charge in [-0.2, -0.15) is 0 Å². The van der Waals surface area contributed by atoms with Gasteiger partial charge in [0.15, 0.2) is 11.3 Å². The average Bonchev–Trinajstić information content (AvgIpc) is 2.95. The summed E-state index contributed by atoms with van der Waals surface area (Å²) in [5.41, 5.74) is 7.78. The summed E-state index contributed by atoms with van der Waals surface area (Å²) in [6, 6.07) is 3.51. The number of rotatable bonds is 4. The molecule has 3 rings (SSSR count). The second-order valence-corrected chi connectivity index (χ2v) is 6.19. The summed E-state index contributed by atoms with van der Waals surface area (Å²) in [6.07, 6.45) is 4.10. The molecule has 1 aromatic heterocycles. The lowest BCUT2D eigenvalue weighted by molar-refractivity contribution is -0.384. The van der Waals surface area contributed by atoms with Crippen LogP contribution in [0.1, 0.15) is 25.7 Å². The molecule has 1 heterocycles. The predicted molar refractivity (Wildman–Crippen MR) is 81.7 cm³/mol. The topological polar surface area (TPSA) is 91.3 Å². The van der Waals surface area contributed by atoms with Crippen molar-refractivity contribution in [2.24, 2.45) is 11.7 Å². The zero-order valence-electron chi connectivity index (χ0n) is 11.5. The second-order valence-electron chi connectivity index (χ2n) is 5.31. The van der Waals surface area contributed by atoms with Crippen LogP contribution in [0.4, 0.5) is 5.69 Å². The number of nitrogens with two attached hydrogens (primary N) is 1. The minimum atomic E-state index is -0.405. The van der Waals surface area contributed by atoms with Crippen molar-refractivity contribution in [2.75, 3.05) is 6.54 Å². The van der Waals surface area contributed by atoms with E-state index in [0.717, 1.165) is 30.4 Å². The van der Waals surface area contributed by atoms with E-state index in [2.05, 4.69) is 4.98 Å². The molecule has 0 amide bonds. The number of thiazole rings is 1. The quantitative estimate of drug-likeness (QED) is 0.692. The minimum Gasteiger partial charge on any atom is -0.483 e. The lowest BCUT2D eigenvalue weighted by Gasteiger charge is -2.30. The first kappa shape index (κ1) is 14.2. The van der Waals surface area contributed by atoms with E-state index < -0.39 is 4.92 Å². The Kier molecular flexibility index (Phi) is 4.03. The minimum absolute atomic E-state index is 0.0323. The monoisotopic (exact) mass is 307 g/mol. The molecule has 112 valence electrons. The molecule has 1 aromatic carbocycles. The molecular formula is C14H17N3O3S. The van der Waals surface area contributed by atoms with E-state index >= 15 is 0 Å². The summed E-state index contributed by atoms with van der Waals surface area (Å²) in [5, 5.41) is 11.4. The van der Waals surface area contributed by atoms with Crippen LogP contribution >= 0.6 is 11.3 Å². The highest BCUT2D eigenvalue weighted by molar-refractivity contribution is 7.16. The van der Waals surface area contributed by atoms with Gasteiger partial charge in [0.1, 0.15) is 6.10 Å². The lowest BCUT2D eigenvalue weighted by Crippen LogP contribution is -2.35. The van der Waals surface area contributed by atoms with Gasteiger partial charge in [0.2, 0.25) is 0 Å². The number of nitro groups is 1. The Hall–Kier alpha value is -1.73. The Balaban J connectivity index is 1.95. The Labute approximate surface area is 126 Å². The van der Waals surface area contributed by atoms with Crippen LogP contribution in [0, 0.1) is 16.0 Å². The zero-order chi connectivity index (χ0) is 14.8. The molecule has 1 aliphatic carbocycles. The third-order valence-electron chi connectivity index (χ3n) is 4.04. The number of hydrogen-bond donors (Lipinski definition) is 1. The maximum absolute atomic E-state index is 11.4. The molecule has 2 atom stereocenters. The molecule has 21 heavy (non-hydrogen) atoms. The first-order valence-corrected chi connectivity index (χ1v) is 7.96. The Morgan fingerprint density at radius 1 is 1.43 bits per heavy atom. The molecule has 2 aromatic rings. The van der Waals surface area contributed by atoms with Crippen LogP contribution in [0.15, 0.2) is 17.6 Å². The fraction of sp³-hybridized carbons (Fsp3) is 0.500. The molecule has 7 heteroatoms. The second kappa shape index (κ2) is 5.95. The fourth-order valence-electron chi connectivity index (χ4n) is 2.93. The highest BCUT2D eigenvalue weighted by Gasteiger charge is 2.29. The molecule has 2 N–H and O–H groups in total. The SMILES string of the molecule is NCC1CCCCC1Oc1ccc2scnc2c1[N+](=O)[O-]. The Morgan fingerprint density at radius 2 is 2.24 bits per heavy atom. The van der Waals surface area contributed by atoms with E-state index in [4.69, 9.17) is 10.5 Å². The first-order chi connectivity index (χ1) is 10.2. The van der Waals surface area contributed by atoms with Crippen LogP contribution in [-0.2, 0) is 0 Å². The number of nitrogens with zero attached hydrogens (tertiary/aromatic N) is 2. The van der Waals surface area contributed by atoms with E-state index in [-0.39, 0.29) is 17.7 Å². The van der Waals surface area contributed by atoms with Gasteiger partial charge in [0, 0.05) is 5.92 Å². The van der Waals surface area contributed by atoms with E-state index in [1.165, 1.54) is 11.3 Å². The van der Waals surface area contributed by atoms with Gasteiger partial charge in [-0.3, -0.25) is 10.1 Å². The highest BCUT2D eigenvalue weighted by atomic mass is 32.1. The Morgan fingerprint density at radius 3 is 3.00 bits per heavy atom. The molecule has 0 spiro atoms. The van der Waals surface area contributed by atoms with E-state index in [0.29, 0.717) is 17.8 Å². The molecule has 1 saturated carbocycles. The molecule has 0 aliphatic heterocycles. The standard InChI is InChI=1S/C14H17N3O3S/c15-7-9-3-1-2-4-10(9)20-11-5-6-12-13(16-8-21-12)14(11)17(18)19/h5-6,8-10H,1-4,7,15H2. The number of benzene rings is 1. The van der Waals surface area contributed by atoms with Crippen molar-refractivity contribution in [1.29, 1.82) is 0 Å². The highest BCUT2D eigenvalue weighted by Crippen LogP contribution is 2.38. The van der Waals surface area contributed by atoms with Crippen molar-refractivity contribution in [3.8, 4) is 5.75 Å². The summed E-state index contributed by atoms with van der Waals surface area (Å²) in [4.78, 5) is 15.1. The van der Waals surface area contributed by atoms with Gasteiger partial charge >= 0.3 is 5.69 Å². The maximum Gasteiger partial charge on any atom is 0.337 e. The summed E-state index contributed by atoms with van der Waals surface area (Å²) < 4.78 is 6.77. The van der Waals surface area contributed by atoms with Gasteiger partial charge in [0.25, 0.3) is 0 Å². The van der Waals surface area contributed by atoms with Crippen LogP contribution < -0.4 is 10.5 Å². The molecule has 0 saturated heterocycles. The van der Waals surface area contributed by atoms with Crippen molar-refractivity contribution in [1.82, 2.24) is 4.98 Å². The molecule has 2 unspecified atom stereocenters. The van der Waals surface area contributed by atoms with E-state index in [1.807, 2.05) is 6.07 Å². The smallest absolute Gasteiger partial charge is 0.337 e. The summed E-state index contributed by atoms with van der Waals surface area (Å²) in [5.74, 6) is 0.577. The molecule has 6 nitrogen and oxygen atoms in total. The maximum atomic E-state index is 11.4. The molecular weight excluding hydrogens is 290 g/mol. The summed E-state index contributed by atoms with van der Waals surface area (Å²) in [6.45, 7) is 0.553. The number of hydrogen-bond acceptors (Lipinski definition) is 6. The molecule has 1 fully saturated rings. The van der Waals surface area contributed by atoms with Gasteiger partial charge in [-0.1, -0.05) is 6.42 Å². The molecule has 0 radical (unpaired) electrons. The number of fused-ring (bicyclic) bond motifs is 1.